The van der Waals surface area contributed by atoms with Crippen LogP contribution < -0.4 is 5.73 Å². The Balaban J connectivity index is 1.64. The van der Waals surface area contributed by atoms with Gasteiger partial charge in [-0.3, -0.25) is 0 Å². The van der Waals surface area contributed by atoms with Crippen molar-refractivity contribution in [3.63, 3.8) is 0 Å². The summed E-state index contributed by atoms with van der Waals surface area (Å²) in [6.07, 6.45) is 7.57. The lowest BCUT2D eigenvalue weighted by Crippen LogP contribution is -2.29. The quantitative estimate of drug-likeness (QED) is 0.852. The van der Waals surface area contributed by atoms with Crippen molar-refractivity contribution in [3.05, 3.63) is 35.6 Å². The third kappa shape index (κ3) is 2.23. The third-order valence-electron chi connectivity index (χ3n) is 4.59. The third-order valence-corrected chi connectivity index (χ3v) is 4.59. The van der Waals surface area contributed by atoms with Crippen molar-refractivity contribution in [2.45, 2.75) is 44.1 Å². The second-order valence-electron chi connectivity index (χ2n) is 5.89. The normalized spacial score (nSPS) is 32.9. The van der Waals surface area contributed by atoms with Gasteiger partial charge in [-0.15, -0.1) is 0 Å². The van der Waals surface area contributed by atoms with Gasteiger partial charge in [-0.2, -0.15) is 0 Å². The molecule has 92 valence electrons. The van der Waals surface area contributed by atoms with E-state index in [0.717, 1.165) is 24.7 Å². The minimum absolute atomic E-state index is 0.00678. The first-order valence-corrected chi connectivity index (χ1v) is 6.71. The average molecular weight is 233 g/mol. The largest absolute Gasteiger partial charge is 0.325 e. The van der Waals surface area contributed by atoms with Gasteiger partial charge >= 0.3 is 0 Å². The van der Waals surface area contributed by atoms with Crippen molar-refractivity contribution in [2.75, 3.05) is 0 Å². The van der Waals surface area contributed by atoms with E-state index in [0.29, 0.717) is 0 Å². The summed E-state index contributed by atoms with van der Waals surface area (Å²) in [5.41, 5.74) is 7.63. The first kappa shape index (κ1) is 11.2. The Hall–Kier alpha value is -0.890. The van der Waals surface area contributed by atoms with Crippen LogP contribution in [0, 0.1) is 17.7 Å². The van der Waals surface area contributed by atoms with Crippen LogP contribution in [0.15, 0.2) is 24.3 Å². The summed E-state index contributed by atoms with van der Waals surface area (Å²) in [7, 11) is 0. The Morgan fingerprint density at radius 2 is 1.82 bits per heavy atom. The van der Waals surface area contributed by atoms with Gasteiger partial charge in [-0.1, -0.05) is 37.8 Å². The summed E-state index contributed by atoms with van der Waals surface area (Å²) in [6.45, 7) is 0. The smallest absolute Gasteiger partial charge is 0.123 e. The van der Waals surface area contributed by atoms with Crippen LogP contribution in [-0.4, -0.2) is 5.54 Å². The van der Waals surface area contributed by atoms with Gasteiger partial charge in [0.15, 0.2) is 0 Å². The summed E-state index contributed by atoms with van der Waals surface area (Å²) in [5, 5.41) is 0. The van der Waals surface area contributed by atoms with Crippen LogP contribution in [0.25, 0.3) is 0 Å². The van der Waals surface area contributed by atoms with E-state index in [1.165, 1.54) is 43.4 Å². The van der Waals surface area contributed by atoms with E-state index in [1.807, 2.05) is 12.1 Å². The first-order chi connectivity index (χ1) is 8.17. The molecule has 0 spiro atoms. The Morgan fingerprint density at radius 3 is 2.47 bits per heavy atom. The van der Waals surface area contributed by atoms with E-state index in [4.69, 9.17) is 5.73 Å². The predicted molar refractivity (Wildman–Crippen MR) is 67.1 cm³/mol. The molecule has 1 aromatic carbocycles. The molecule has 2 aliphatic carbocycles. The number of benzene rings is 1. The van der Waals surface area contributed by atoms with Gasteiger partial charge in [0.2, 0.25) is 0 Å². The molecule has 0 aromatic heterocycles. The molecular weight excluding hydrogens is 213 g/mol. The van der Waals surface area contributed by atoms with Gasteiger partial charge in [0.05, 0.1) is 0 Å². The molecule has 0 amide bonds. The zero-order valence-electron chi connectivity index (χ0n) is 10.2. The molecule has 2 fully saturated rings. The Labute approximate surface area is 102 Å². The molecule has 2 unspecified atom stereocenters. The van der Waals surface area contributed by atoms with Gasteiger partial charge in [0.25, 0.3) is 0 Å². The van der Waals surface area contributed by atoms with Gasteiger partial charge in [-0.05, 0) is 42.4 Å². The second-order valence-corrected chi connectivity index (χ2v) is 5.89. The Kier molecular flexibility index (Phi) is 2.70. The van der Waals surface area contributed by atoms with Crippen molar-refractivity contribution in [2.24, 2.45) is 17.6 Å². The number of hydrogen-bond acceptors (Lipinski definition) is 1. The molecule has 0 bridgehead atoms. The fraction of sp³-hybridized carbons (Fsp3) is 0.600. The van der Waals surface area contributed by atoms with Crippen LogP contribution in [0.5, 0.6) is 0 Å². The summed E-state index contributed by atoms with van der Waals surface area (Å²) < 4.78 is 12.8. The fourth-order valence-electron chi connectivity index (χ4n) is 3.53. The molecule has 17 heavy (non-hydrogen) atoms. The molecular formula is C15H20FN. The molecule has 1 nitrogen and oxygen atoms in total. The lowest BCUT2D eigenvalue weighted by molar-refractivity contribution is 0.421. The summed E-state index contributed by atoms with van der Waals surface area (Å²) >= 11 is 0. The van der Waals surface area contributed by atoms with Crippen LogP contribution >= 0.6 is 0 Å². The van der Waals surface area contributed by atoms with Crippen LogP contribution in [0.1, 0.15) is 37.7 Å². The maximum Gasteiger partial charge on any atom is 0.123 e. The van der Waals surface area contributed by atoms with E-state index in [9.17, 15) is 4.39 Å². The highest BCUT2D eigenvalue weighted by atomic mass is 19.1. The minimum atomic E-state index is -0.164. The van der Waals surface area contributed by atoms with E-state index in [1.54, 1.807) is 0 Å². The highest BCUT2D eigenvalue weighted by Crippen LogP contribution is 2.53. The topological polar surface area (TPSA) is 26.0 Å². The summed E-state index contributed by atoms with van der Waals surface area (Å²) in [4.78, 5) is 0. The van der Waals surface area contributed by atoms with Gasteiger partial charge in [0.1, 0.15) is 5.82 Å². The van der Waals surface area contributed by atoms with Crippen molar-refractivity contribution < 1.29 is 4.39 Å². The van der Waals surface area contributed by atoms with Crippen LogP contribution in [0.4, 0.5) is 4.39 Å². The number of halogens is 1. The highest BCUT2D eigenvalue weighted by molar-refractivity contribution is 5.24. The van der Waals surface area contributed by atoms with Gasteiger partial charge < -0.3 is 5.73 Å². The lowest BCUT2D eigenvalue weighted by Gasteiger charge is -2.15. The van der Waals surface area contributed by atoms with Crippen molar-refractivity contribution in [1.82, 2.24) is 0 Å². The Morgan fingerprint density at radius 1 is 1.18 bits per heavy atom. The molecule has 1 aromatic rings. The van der Waals surface area contributed by atoms with Crippen molar-refractivity contribution in [1.29, 1.82) is 0 Å². The van der Waals surface area contributed by atoms with Crippen LogP contribution in [0.2, 0.25) is 0 Å². The van der Waals surface area contributed by atoms with Crippen LogP contribution in [-0.2, 0) is 6.42 Å². The molecule has 0 radical (unpaired) electrons. The predicted octanol–water partition coefficient (Wildman–Crippen LogP) is 3.28. The molecule has 2 atom stereocenters. The van der Waals surface area contributed by atoms with E-state index < -0.39 is 0 Å². The van der Waals surface area contributed by atoms with Gasteiger partial charge in [0, 0.05) is 5.54 Å². The zero-order chi connectivity index (χ0) is 11.9. The minimum Gasteiger partial charge on any atom is -0.325 e. The molecule has 2 heteroatoms. The van der Waals surface area contributed by atoms with Crippen molar-refractivity contribution in [3.8, 4) is 0 Å². The van der Waals surface area contributed by atoms with Crippen molar-refractivity contribution >= 4 is 0 Å². The fourth-order valence-corrected chi connectivity index (χ4v) is 3.53. The monoisotopic (exact) mass is 233 g/mol. The highest BCUT2D eigenvalue weighted by Gasteiger charge is 2.54. The van der Waals surface area contributed by atoms with E-state index in [-0.39, 0.29) is 11.4 Å². The zero-order valence-corrected chi connectivity index (χ0v) is 10.2. The number of hydrogen-bond donors (Lipinski definition) is 1. The molecule has 0 heterocycles. The van der Waals surface area contributed by atoms with E-state index in [2.05, 4.69) is 0 Å². The maximum absolute atomic E-state index is 12.8. The van der Waals surface area contributed by atoms with Gasteiger partial charge in [-0.25, -0.2) is 4.39 Å². The maximum atomic E-state index is 12.8. The molecule has 3 rings (SSSR count). The molecule has 2 saturated carbocycles. The van der Waals surface area contributed by atoms with Crippen LogP contribution in [0.3, 0.4) is 0 Å². The SMILES string of the molecule is NC1(Cc2ccc(F)cc2)CC1C1CCCC1. The number of rotatable bonds is 3. The molecule has 2 N–H and O–H groups in total. The summed E-state index contributed by atoms with van der Waals surface area (Å²) in [5.74, 6) is 1.42. The number of nitrogens with two attached hydrogens (primary N) is 1. The molecule has 0 aliphatic heterocycles. The lowest BCUT2D eigenvalue weighted by atomic mass is 9.94. The molecule has 2 aliphatic rings. The first-order valence-electron chi connectivity index (χ1n) is 6.71. The van der Waals surface area contributed by atoms with E-state index >= 15 is 0 Å². The second kappa shape index (κ2) is 4.09. The summed E-state index contributed by atoms with van der Waals surface area (Å²) in [6, 6.07) is 6.80. The standard InChI is InChI=1S/C15H20FN/c16-13-7-5-11(6-8-13)9-15(17)10-14(15)12-3-1-2-4-12/h5-8,12,14H,1-4,9-10,17H2. The average Bonchev–Trinajstić information content (AvgIpc) is 2.79. The molecule has 0 saturated heterocycles. The Bertz CT molecular complexity index is 394.